The number of benzene rings is 1. The van der Waals surface area contributed by atoms with Gasteiger partial charge in [-0.05, 0) is 12.1 Å². The molecular formula is C12H11NOS. The number of nitrogens with zero attached hydrogens (tertiary/aromatic N) is 1. The second kappa shape index (κ2) is 4.87. The summed E-state index contributed by atoms with van der Waals surface area (Å²) < 4.78 is 0. The second-order valence-corrected chi connectivity index (χ2v) is 4.18. The Bertz CT molecular complexity index is 454. The maximum absolute atomic E-state index is 9.85. The van der Waals surface area contributed by atoms with Gasteiger partial charge in [0.2, 0.25) is 0 Å². The summed E-state index contributed by atoms with van der Waals surface area (Å²) in [4.78, 5) is 4.99. The first-order valence-electron chi connectivity index (χ1n) is 4.59. The van der Waals surface area contributed by atoms with Crippen LogP contribution in [0, 0.1) is 0 Å². The van der Waals surface area contributed by atoms with E-state index < -0.39 is 0 Å². The molecule has 0 spiro atoms. The molecule has 0 radical (unpaired) electrons. The van der Waals surface area contributed by atoms with E-state index in [1.807, 2.05) is 42.5 Å². The highest BCUT2D eigenvalue weighted by molar-refractivity contribution is 7.98. The van der Waals surface area contributed by atoms with E-state index in [4.69, 9.17) is 0 Å². The molecule has 0 aliphatic heterocycles. The van der Waals surface area contributed by atoms with Gasteiger partial charge in [-0.15, -0.1) is 11.4 Å². The van der Waals surface area contributed by atoms with Crippen LogP contribution < -0.4 is 0 Å². The lowest BCUT2D eigenvalue weighted by atomic mass is 10.2. The largest absolute Gasteiger partial charge is 0.355 e. The van der Waals surface area contributed by atoms with Crippen molar-refractivity contribution >= 4 is 16.4 Å². The number of rotatable bonds is 2. The molecule has 0 atom stereocenters. The number of aromatic nitrogens is 1. The molecule has 76 valence electrons. The Hall–Kier alpha value is -1.45. The number of aliphatic hydroxyl groups excluding tert-OH is 1. The van der Waals surface area contributed by atoms with E-state index in [2.05, 4.69) is 4.98 Å². The summed E-state index contributed by atoms with van der Waals surface area (Å²) in [6.07, 6.45) is 3.47. The van der Waals surface area contributed by atoms with Crippen LogP contribution in [-0.4, -0.2) is 15.1 Å². The van der Waals surface area contributed by atoms with Gasteiger partial charge >= 0.3 is 0 Å². The number of thiol groups is 1. The summed E-state index contributed by atoms with van der Waals surface area (Å²) in [5, 5.41) is 10.2. The van der Waals surface area contributed by atoms with Crippen molar-refractivity contribution in [3.8, 4) is 0 Å². The Morgan fingerprint density at radius 3 is 2.53 bits per heavy atom. The number of pyridine rings is 1. The fourth-order valence-electron chi connectivity index (χ4n) is 1.19. The minimum atomic E-state index is 0.351. The van der Waals surface area contributed by atoms with E-state index in [1.165, 1.54) is 0 Å². The summed E-state index contributed by atoms with van der Waals surface area (Å²) in [5.74, 6) is 0. The van der Waals surface area contributed by atoms with E-state index in [0.29, 0.717) is 5.05 Å². The van der Waals surface area contributed by atoms with Crippen LogP contribution in [0.5, 0.6) is 0 Å². The maximum atomic E-state index is 9.85. The Kier molecular flexibility index (Phi) is 3.27. The monoisotopic (exact) mass is 217 g/mol. The van der Waals surface area contributed by atoms with Crippen molar-refractivity contribution in [3.05, 3.63) is 60.4 Å². The van der Waals surface area contributed by atoms with Gasteiger partial charge in [-0.2, -0.15) is 0 Å². The third-order valence-corrected chi connectivity index (χ3v) is 2.91. The van der Waals surface area contributed by atoms with Gasteiger partial charge in [0.15, 0.2) is 0 Å². The molecule has 1 heterocycles. The van der Waals surface area contributed by atoms with E-state index >= 15 is 0 Å². The number of hydrogen-bond donors (Lipinski definition) is 2. The third-order valence-electron chi connectivity index (χ3n) is 1.91. The first-order chi connectivity index (χ1) is 7.36. The molecule has 0 fully saturated rings. The molecule has 1 aromatic carbocycles. The van der Waals surface area contributed by atoms with Crippen molar-refractivity contribution in [3.63, 3.8) is 0 Å². The van der Waals surface area contributed by atoms with Crippen LogP contribution in [0.2, 0.25) is 0 Å². The maximum Gasteiger partial charge on any atom is 0.104 e. The summed E-state index contributed by atoms with van der Waals surface area (Å²) in [7, 11) is 0. The zero-order valence-electron chi connectivity index (χ0n) is 8.04. The molecule has 15 heavy (non-hydrogen) atoms. The molecule has 0 aliphatic rings. The fourth-order valence-corrected chi connectivity index (χ4v) is 2.00. The average Bonchev–Trinajstić information content (AvgIpc) is 2.31. The lowest BCUT2D eigenvalue weighted by Crippen LogP contribution is -1.94. The summed E-state index contributed by atoms with van der Waals surface area (Å²) in [5.41, 5.74) is 0.850. The summed E-state index contributed by atoms with van der Waals surface area (Å²) in [6.45, 7) is 0. The number of aliphatic hydroxyl groups is 1. The van der Waals surface area contributed by atoms with Crippen molar-refractivity contribution < 1.29 is 5.11 Å². The van der Waals surface area contributed by atoms with Gasteiger partial charge in [0.25, 0.3) is 0 Å². The van der Waals surface area contributed by atoms with Gasteiger partial charge in [0.05, 0.1) is 0 Å². The zero-order valence-corrected chi connectivity index (χ0v) is 8.93. The van der Waals surface area contributed by atoms with Crippen LogP contribution in [0.25, 0.3) is 0 Å². The standard InChI is InChI=1S/C12H11NOS/c14-12(10-5-2-1-3-6-10)15-11-7-4-8-13-9-11/h1-9,14-15H. The molecule has 2 aromatic rings. The molecule has 0 amide bonds. The molecule has 0 aliphatic carbocycles. The molecule has 0 unspecified atom stereocenters. The van der Waals surface area contributed by atoms with Gasteiger partial charge in [0.1, 0.15) is 5.05 Å². The molecule has 1 aromatic heterocycles. The van der Waals surface area contributed by atoms with Crippen molar-refractivity contribution in [2.45, 2.75) is 4.90 Å². The molecule has 3 heteroatoms. The molecule has 2 rings (SSSR count). The zero-order chi connectivity index (χ0) is 10.5. The van der Waals surface area contributed by atoms with Gasteiger partial charge in [0, 0.05) is 22.9 Å². The first kappa shape index (κ1) is 10.1. The van der Waals surface area contributed by atoms with E-state index in [1.54, 1.807) is 12.4 Å². The van der Waals surface area contributed by atoms with Gasteiger partial charge in [-0.25, -0.2) is 0 Å². The molecular weight excluding hydrogens is 206 g/mol. The smallest absolute Gasteiger partial charge is 0.104 e. The Labute approximate surface area is 92.2 Å². The second-order valence-electron chi connectivity index (χ2n) is 3.01. The van der Waals surface area contributed by atoms with Crippen LogP contribution in [0.1, 0.15) is 5.56 Å². The minimum Gasteiger partial charge on any atom is -0.355 e. The molecule has 0 saturated carbocycles. The van der Waals surface area contributed by atoms with Gasteiger partial charge in [-0.3, -0.25) is 4.98 Å². The van der Waals surface area contributed by atoms with Crippen molar-refractivity contribution in [1.82, 2.24) is 4.98 Å². The van der Waals surface area contributed by atoms with Crippen LogP contribution >= 0.6 is 11.4 Å². The molecule has 0 bridgehead atoms. The Balaban J connectivity index is 2.29. The Morgan fingerprint density at radius 1 is 1.07 bits per heavy atom. The lowest BCUT2D eigenvalue weighted by Gasteiger charge is -1.99. The highest BCUT2D eigenvalue weighted by Gasteiger charge is 1.95. The van der Waals surface area contributed by atoms with Crippen LogP contribution in [0.3, 0.4) is 0 Å². The SMILES string of the molecule is OC(=[SH]c1cccnc1)c1ccccc1. The van der Waals surface area contributed by atoms with Crippen LogP contribution in [0.15, 0.2) is 59.8 Å². The van der Waals surface area contributed by atoms with Gasteiger partial charge < -0.3 is 5.11 Å². The summed E-state index contributed by atoms with van der Waals surface area (Å²) in [6, 6.07) is 13.3. The van der Waals surface area contributed by atoms with Crippen molar-refractivity contribution in [2.75, 3.05) is 0 Å². The lowest BCUT2D eigenvalue weighted by molar-refractivity contribution is 0.570. The number of hydrogen-bond acceptors (Lipinski definition) is 1. The highest BCUT2D eigenvalue weighted by Crippen LogP contribution is 2.12. The predicted molar refractivity (Wildman–Crippen MR) is 64.7 cm³/mol. The molecule has 1 N–H and O–H groups in total. The van der Waals surface area contributed by atoms with Crippen LogP contribution in [-0.2, 0) is 0 Å². The first-order valence-corrected chi connectivity index (χ1v) is 5.49. The van der Waals surface area contributed by atoms with Crippen LogP contribution in [0.4, 0.5) is 0 Å². The van der Waals surface area contributed by atoms with Gasteiger partial charge in [-0.1, -0.05) is 30.3 Å². The minimum absolute atomic E-state index is 0.351. The normalized spacial score (nSPS) is 11.9. The Morgan fingerprint density at radius 2 is 1.87 bits per heavy atom. The van der Waals surface area contributed by atoms with E-state index in [9.17, 15) is 5.11 Å². The van der Waals surface area contributed by atoms with Crippen molar-refractivity contribution in [1.29, 1.82) is 0 Å². The molecule has 2 nitrogen and oxygen atoms in total. The quantitative estimate of drug-likeness (QED) is 0.599. The highest BCUT2D eigenvalue weighted by atomic mass is 32.1. The van der Waals surface area contributed by atoms with E-state index in [0.717, 1.165) is 21.8 Å². The predicted octanol–water partition coefficient (Wildman–Crippen LogP) is 2.64. The average molecular weight is 217 g/mol. The van der Waals surface area contributed by atoms with Crippen molar-refractivity contribution in [2.24, 2.45) is 0 Å². The topological polar surface area (TPSA) is 33.1 Å². The fraction of sp³-hybridized carbons (Fsp3) is 0. The summed E-state index contributed by atoms with van der Waals surface area (Å²) >= 11 is 0.786. The molecule has 0 saturated heterocycles. The van der Waals surface area contributed by atoms with E-state index in [-0.39, 0.29) is 0 Å². The third kappa shape index (κ3) is 2.75.